The highest BCUT2D eigenvalue weighted by atomic mass is 16.6. The van der Waals surface area contributed by atoms with E-state index in [0.717, 1.165) is 0 Å². The first-order chi connectivity index (χ1) is 11.8. The van der Waals surface area contributed by atoms with Crippen LogP contribution in [0, 0.1) is 11.8 Å². The number of nitrogens with one attached hydrogen (secondary N) is 1. The summed E-state index contributed by atoms with van der Waals surface area (Å²) >= 11 is 0. The van der Waals surface area contributed by atoms with Crippen LogP contribution in [0.25, 0.3) is 0 Å². The average Bonchev–Trinajstić information content (AvgIpc) is 2.65. The van der Waals surface area contributed by atoms with Crippen LogP contribution in [-0.2, 0) is 4.79 Å². The molecule has 0 spiro atoms. The number of hydrogen-bond donors (Lipinski definition) is 1. The van der Waals surface area contributed by atoms with Gasteiger partial charge in [-0.25, -0.2) is 0 Å². The molecule has 3 rings (SSSR count). The summed E-state index contributed by atoms with van der Waals surface area (Å²) in [4.78, 5) is 16.0. The Bertz CT molecular complexity index is 752. The van der Waals surface area contributed by atoms with E-state index in [4.69, 9.17) is 14.2 Å². The van der Waals surface area contributed by atoms with Gasteiger partial charge in [0.05, 0.1) is 12.7 Å². The van der Waals surface area contributed by atoms with Crippen LogP contribution >= 0.6 is 0 Å². The molecule has 0 aliphatic carbocycles. The van der Waals surface area contributed by atoms with Gasteiger partial charge in [-0.1, -0.05) is 24.0 Å². The van der Waals surface area contributed by atoms with Gasteiger partial charge in [-0.15, -0.1) is 0 Å². The van der Waals surface area contributed by atoms with E-state index in [9.17, 15) is 4.79 Å². The Morgan fingerprint density at radius 1 is 1.25 bits per heavy atom. The van der Waals surface area contributed by atoms with Crippen LogP contribution in [0.5, 0.6) is 17.2 Å². The van der Waals surface area contributed by atoms with Gasteiger partial charge >= 0.3 is 0 Å². The quantitative estimate of drug-likeness (QED) is 0.862. The highest BCUT2D eigenvalue weighted by molar-refractivity contribution is 5.82. The topological polar surface area (TPSA) is 69.7 Å². The third-order valence-electron chi connectivity index (χ3n) is 3.22. The van der Waals surface area contributed by atoms with Crippen molar-refractivity contribution in [2.45, 2.75) is 6.10 Å². The predicted molar refractivity (Wildman–Crippen MR) is 86.9 cm³/mol. The molecule has 1 aliphatic rings. The Kier molecular flexibility index (Phi) is 5.15. The second kappa shape index (κ2) is 7.88. The monoisotopic (exact) mass is 324 g/mol. The Hall–Kier alpha value is -3.20. The van der Waals surface area contributed by atoms with Crippen LogP contribution < -0.4 is 19.5 Å². The molecule has 1 atom stereocenters. The van der Waals surface area contributed by atoms with Crippen molar-refractivity contribution in [3.05, 3.63) is 48.8 Å². The molecule has 1 N–H and O–H groups in total. The summed E-state index contributed by atoms with van der Waals surface area (Å²) in [5.74, 6) is 7.26. The number of amides is 1. The second-order valence-corrected chi connectivity index (χ2v) is 4.91. The van der Waals surface area contributed by atoms with Crippen LogP contribution in [0.2, 0.25) is 0 Å². The zero-order chi connectivity index (χ0) is 16.6. The van der Waals surface area contributed by atoms with Gasteiger partial charge in [0, 0.05) is 6.20 Å². The number of benzene rings is 1. The van der Waals surface area contributed by atoms with Crippen molar-refractivity contribution in [1.29, 1.82) is 0 Å². The van der Waals surface area contributed by atoms with Crippen molar-refractivity contribution in [2.24, 2.45) is 0 Å². The van der Waals surface area contributed by atoms with E-state index in [1.807, 2.05) is 12.1 Å². The largest absolute Gasteiger partial charge is 0.485 e. The van der Waals surface area contributed by atoms with Gasteiger partial charge in [0.15, 0.2) is 11.5 Å². The maximum atomic E-state index is 12.0. The molecule has 1 unspecified atom stereocenters. The molecule has 1 amide bonds. The molecule has 1 aromatic carbocycles. The van der Waals surface area contributed by atoms with Gasteiger partial charge in [0.25, 0.3) is 5.91 Å². The van der Waals surface area contributed by atoms with Crippen molar-refractivity contribution < 1.29 is 19.0 Å². The van der Waals surface area contributed by atoms with Crippen molar-refractivity contribution in [3.63, 3.8) is 0 Å². The molecule has 0 bridgehead atoms. The molecule has 0 saturated heterocycles. The summed E-state index contributed by atoms with van der Waals surface area (Å²) in [6.07, 6.45) is 2.61. The number of hydrogen-bond acceptors (Lipinski definition) is 5. The van der Waals surface area contributed by atoms with E-state index >= 15 is 0 Å². The molecule has 0 radical (unpaired) electrons. The van der Waals surface area contributed by atoms with Crippen LogP contribution in [0.15, 0.2) is 48.8 Å². The Morgan fingerprint density at radius 2 is 2.12 bits per heavy atom. The fourth-order valence-electron chi connectivity index (χ4n) is 2.06. The van der Waals surface area contributed by atoms with E-state index in [0.29, 0.717) is 17.2 Å². The number of aromatic nitrogens is 1. The Morgan fingerprint density at radius 3 is 2.96 bits per heavy atom. The molecule has 6 heteroatoms. The number of fused-ring (bicyclic) bond motifs is 1. The fraction of sp³-hybridized carbons (Fsp3) is 0.222. The van der Waals surface area contributed by atoms with Crippen molar-refractivity contribution in [1.82, 2.24) is 10.3 Å². The number of rotatable bonds is 4. The van der Waals surface area contributed by atoms with Gasteiger partial charge in [-0.3, -0.25) is 9.78 Å². The lowest BCUT2D eigenvalue weighted by molar-refractivity contribution is -0.130. The van der Waals surface area contributed by atoms with E-state index in [2.05, 4.69) is 22.1 Å². The molecule has 6 nitrogen and oxygen atoms in total. The van der Waals surface area contributed by atoms with E-state index in [1.54, 1.807) is 36.7 Å². The zero-order valence-electron chi connectivity index (χ0n) is 12.9. The molecular formula is C18H16N2O4. The van der Waals surface area contributed by atoms with Crippen molar-refractivity contribution in [2.75, 3.05) is 19.8 Å². The maximum Gasteiger partial charge on any atom is 0.265 e. The molecule has 1 aromatic heterocycles. The highest BCUT2D eigenvalue weighted by Crippen LogP contribution is 2.30. The smallest absolute Gasteiger partial charge is 0.265 e. The minimum atomic E-state index is -0.673. The second-order valence-electron chi connectivity index (χ2n) is 4.91. The van der Waals surface area contributed by atoms with E-state index in [-0.39, 0.29) is 25.7 Å². The standard InChI is InChI=1S/C18H16N2O4/c21-18(17-13-23-15-7-1-2-8-16(15)24-17)20-10-3-4-11-22-14-6-5-9-19-12-14/h1-2,5-9,12,17H,10-11,13H2,(H,20,21). The maximum absolute atomic E-state index is 12.0. The summed E-state index contributed by atoms with van der Waals surface area (Å²) in [6.45, 7) is 0.634. The fourth-order valence-corrected chi connectivity index (χ4v) is 2.06. The number of carbonyl (C=O) groups excluding carboxylic acids is 1. The SMILES string of the molecule is O=C(NCC#CCOc1cccnc1)C1COc2ccccc2O1. The molecule has 2 heterocycles. The van der Waals surface area contributed by atoms with Crippen molar-refractivity contribution >= 4 is 5.91 Å². The minimum absolute atomic E-state index is 0.181. The summed E-state index contributed by atoms with van der Waals surface area (Å²) in [7, 11) is 0. The first kappa shape index (κ1) is 15.7. The van der Waals surface area contributed by atoms with Crippen LogP contribution in [0.4, 0.5) is 0 Å². The molecule has 122 valence electrons. The third kappa shape index (κ3) is 4.17. The summed E-state index contributed by atoms with van der Waals surface area (Å²) in [5.41, 5.74) is 0. The highest BCUT2D eigenvalue weighted by Gasteiger charge is 2.26. The lowest BCUT2D eigenvalue weighted by Crippen LogP contribution is -2.44. The van der Waals surface area contributed by atoms with Crippen LogP contribution in [-0.4, -0.2) is 36.8 Å². The lowest BCUT2D eigenvalue weighted by atomic mass is 10.2. The molecule has 0 saturated carbocycles. The zero-order valence-corrected chi connectivity index (χ0v) is 12.9. The summed E-state index contributed by atoms with van der Waals surface area (Å²) in [6, 6.07) is 10.8. The molecule has 0 fully saturated rings. The van der Waals surface area contributed by atoms with Gasteiger partial charge in [0.2, 0.25) is 6.10 Å². The number of carbonyl (C=O) groups is 1. The Labute approximate surface area is 139 Å². The van der Waals surface area contributed by atoms with E-state index in [1.165, 1.54) is 0 Å². The van der Waals surface area contributed by atoms with Crippen LogP contribution in [0.3, 0.4) is 0 Å². The minimum Gasteiger partial charge on any atom is -0.485 e. The average molecular weight is 324 g/mol. The lowest BCUT2D eigenvalue weighted by Gasteiger charge is -2.25. The third-order valence-corrected chi connectivity index (χ3v) is 3.22. The predicted octanol–water partition coefficient (Wildman–Crippen LogP) is 1.42. The molecular weight excluding hydrogens is 308 g/mol. The van der Waals surface area contributed by atoms with E-state index < -0.39 is 6.10 Å². The Balaban J connectivity index is 1.40. The summed E-state index contributed by atoms with van der Waals surface area (Å²) < 4.78 is 16.5. The first-order valence-electron chi connectivity index (χ1n) is 7.47. The number of para-hydroxylation sites is 2. The molecule has 1 aliphatic heterocycles. The van der Waals surface area contributed by atoms with Gasteiger partial charge in [0.1, 0.15) is 19.0 Å². The van der Waals surface area contributed by atoms with Gasteiger partial charge in [-0.05, 0) is 24.3 Å². The normalized spacial score (nSPS) is 14.9. The number of pyridine rings is 1. The van der Waals surface area contributed by atoms with Crippen LogP contribution in [0.1, 0.15) is 0 Å². The molecule has 2 aromatic rings. The summed E-state index contributed by atoms with van der Waals surface area (Å²) in [5, 5.41) is 2.70. The van der Waals surface area contributed by atoms with Gasteiger partial charge in [-0.2, -0.15) is 0 Å². The number of nitrogens with zero attached hydrogens (tertiary/aromatic N) is 1. The first-order valence-corrected chi connectivity index (χ1v) is 7.47. The van der Waals surface area contributed by atoms with Crippen molar-refractivity contribution in [3.8, 4) is 29.1 Å². The number of ether oxygens (including phenoxy) is 3. The van der Waals surface area contributed by atoms with Gasteiger partial charge < -0.3 is 19.5 Å². The molecule has 24 heavy (non-hydrogen) atoms.